The maximum absolute atomic E-state index is 13.7. The summed E-state index contributed by atoms with van der Waals surface area (Å²) in [6.45, 7) is 7.45. The number of nitrogens with zero attached hydrogens (tertiary/aromatic N) is 2. The van der Waals surface area contributed by atoms with Crippen molar-refractivity contribution in [1.29, 1.82) is 0 Å². The molecule has 5 rings (SSSR count). The van der Waals surface area contributed by atoms with Crippen molar-refractivity contribution < 1.29 is 14.3 Å². The third-order valence-electron chi connectivity index (χ3n) is 8.01. The molecule has 39 heavy (non-hydrogen) atoms. The zero-order valence-electron chi connectivity index (χ0n) is 23.2. The van der Waals surface area contributed by atoms with Crippen molar-refractivity contribution in [2.45, 2.75) is 19.9 Å². The number of aromatic nitrogens is 1. The van der Waals surface area contributed by atoms with E-state index < -0.39 is 0 Å². The van der Waals surface area contributed by atoms with Crippen molar-refractivity contribution in [3.05, 3.63) is 78.5 Å². The highest BCUT2D eigenvalue weighted by atomic mass is 16.5. The minimum absolute atomic E-state index is 0.00448. The summed E-state index contributed by atoms with van der Waals surface area (Å²) in [5.41, 5.74) is 3.21. The lowest BCUT2D eigenvalue weighted by Gasteiger charge is -2.31. The monoisotopic (exact) mass is 526 g/mol. The lowest BCUT2D eigenvalue weighted by atomic mass is 9.77. The first kappa shape index (κ1) is 26.9. The first-order valence-electron chi connectivity index (χ1n) is 13.7. The fourth-order valence-electron chi connectivity index (χ4n) is 6.07. The summed E-state index contributed by atoms with van der Waals surface area (Å²) >= 11 is 0. The maximum atomic E-state index is 13.7. The third-order valence-corrected chi connectivity index (χ3v) is 8.01. The molecule has 1 saturated heterocycles. The molecule has 4 atom stereocenters. The molecule has 2 heterocycles. The van der Waals surface area contributed by atoms with Crippen LogP contribution in [0.3, 0.4) is 0 Å². The van der Waals surface area contributed by atoms with Crippen LogP contribution in [0.1, 0.15) is 12.6 Å². The summed E-state index contributed by atoms with van der Waals surface area (Å²) in [4.78, 5) is 21.0. The number of nitrogens with one attached hydrogen (secondary N) is 2. The van der Waals surface area contributed by atoms with E-state index >= 15 is 0 Å². The molecule has 1 fully saturated rings. The minimum atomic E-state index is -0.228. The quantitative estimate of drug-likeness (QED) is 0.396. The number of hydrogen-bond acceptors (Lipinski definition) is 5. The molecule has 2 amide bonds. The number of pyridine rings is 1. The second kappa shape index (κ2) is 12.0. The molecular formula is C32H38N4O3. The van der Waals surface area contributed by atoms with Crippen LogP contribution in [0.4, 0.5) is 10.5 Å². The van der Waals surface area contributed by atoms with E-state index in [1.165, 1.54) is 0 Å². The number of carbonyl (C=O) groups excluding carboxylic acids is 1. The molecule has 2 N–H and O–H groups in total. The number of rotatable bonds is 8. The summed E-state index contributed by atoms with van der Waals surface area (Å²) in [6.07, 6.45) is 8.79. The number of carbonyl (C=O) groups is 1. The van der Waals surface area contributed by atoms with Crippen LogP contribution in [0.2, 0.25) is 0 Å². The van der Waals surface area contributed by atoms with E-state index in [9.17, 15) is 4.79 Å². The smallest absolute Gasteiger partial charge is 0.319 e. The van der Waals surface area contributed by atoms with Crippen LogP contribution in [0.15, 0.2) is 72.8 Å². The number of amides is 2. The highest BCUT2D eigenvalue weighted by Gasteiger charge is 2.39. The van der Waals surface area contributed by atoms with Gasteiger partial charge in [-0.1, -0.05) is 73.7 Å². The van der Waals surface area contributed by atoms with Crippen molar-refractivity contribution in [1.82, 2.24) is 15.2 Å². The normalized spacial score (nSPS) is 22.8. The van der Waals surface area contributed by atoms with Gasteiger partial charge in [0, 0.05) is 54.8 Å². The van der Waals surface area contributed by atoms with Crippen LogP contribution >= 0.6 is 0 Å². The Balaban J connectivity index is 1.47. The van der Waals surface area contributed by atoms with E-state index in [4.69, 9.17) is 14.5 Å². The fraction of sp³-hybridized carbons (Fsp3) is 0.375. The number of urea groups is 1. The zero-order valence-corrected chi connectivity index (χ0v) is 23.2. The second-order valence-electron chi connectivity index (χ2n) is 10.5. The highest BCUT2D eigenvalue weighted by molar-refractivity contribution is 6.09. The Morgan fingerprint density at radius 2 is 1.85 bits per heavy atom. The van der Waals surface area contributed by atoms with Crippen molar-refractivity contribution in [2.24, 2.45) is 17.8 Å². The van der Waals surface area contributed by atoms with E-state index in [1.54, 1.807) is 14.2 Å². The molecular weight excluding hydrogens is 488 g/mol. The van der Waals surface area contributed by atoms with Crippen molar-refractivity contribution in [3.63, 3.8) is 0 Å². The topological polar surface area (TPSA) is 75.7 Å². The molecule has 1 aliphatic heterocycles. The molecule has 1 aromatic heterocycles. The van der Waals surface area contributed by atoms with Crippen molar-refractivity contribution in [3.8, 4) is 17.0 Å². The molecule has 2 aliphatic rings. The zero-order chi connectivity index (χ0) is 27.4. The van der Waals surface area contributed by atoms with Crippen molar-refractivity contribution in [2.75, 3.05) is 45.8 Å². The molecule has 204 valence electrons. The van der Waals surface area contributed by atoms with Gasteiger partial charge in [-0.3, -0.25) is 9.88 Å². The number of fused-ring (bicyclic) bond motifs is 1. The van der Waals surface area contributed by atoms with Crippen LogP contribution in [-0.2, 0) is 4.74 Å². The molecule has 2 aromatic carbocycles. The van der Waals surface area contributed by atoms with Crippen LogP contribution in [0.25, 0.3) is 22.0 Å². The SMILES string of the molecule is COCCN1C[C@@H](NC(=O)Nc2c(-c3ccccc3)nc(C)c3c(OC)cccc23)[C@H](C2C=CC=CC2C)C1. The summed E-state index contributed by atoms with van der Waals surface area (Å²) in [7, 11) is 3.39. The Morgan fingerprint density at radius 3 is 2.59 bits per heavy atom. The number of allylic oxidation sites excluding steroid dienone is 4. The van der Waals surface area contributed by atoms with E-state index in [2.05, 4.69) is 46.8 Å². The number of benzene rings is 2. The first-order chi connectivity index (χ1) is 19.0. The van der Waals surface area contributed by atoms with E-state index in [1.807, 2.05) is 55.5 Å². The van der Waals surface area contributed by atoms with Gasteiger partial charge in [-0.15, -0.1) is 0 Å². The van der Waals surface area contributed by atoms with Crippen LogP contribution < -0.4 is 15.4 Å². The molecule has 1 aliphatic carbocycles. The lowest BCUT2D eigenvalue weighted by Crippen LogP contribution is -2.45. The number of methoxy groups -OCH3 is 2. The van der Waals surface area contributed by atoms with Gasteiger partial charge in [0.15, 0.2) is 0 Å². The largest absolute Gasteiger partial charge is 0.496 e. The number of likely N-dealkylation sites (tertiary alicyclic amines) is 1. The summed E-state index contributed by atoms with van der Waals surface area (Å²) in [5, 5.41) is 8.34. The number of hydrogen-bond donors (Lipinski definition) is 2. The van der Waals surface area contributed by atoms with E-state index in [-0.39, 0.29) is 12.1 Å². The number of anilines is 1. The molecule has 2 unspecified atom stereocenters. The standard InChI is InChI=1S/C32H38N4O3/c1-21-11-8-9-14-24(21)26-19-36(17-18-38-3)20-27(26)34-32(37)35-31-25-15-10-16-28(39-4)29(25)22(2)33-30(31)23-12-6-5-7-13-23/h5-16,21,24,26-27H,17-20H2,1-4H3,(H2,34,35,37)/t21?,24?,26-,27+/m0/s1. The fourth-order valence-corrected chi connectivity index (χ4v) is 6.07. The average molecular weight is 527 g/mol. The first-order valence-corrected chi connectivity index (χ1v) is 13.7. The molecule has 7 nitrogen and oxygen atoms in total. The number of aryl methyl sites for hydroxylation is 1. The van der Waals surface area contributed by atoms with Crippen LogP contribution in [-0.4, -0.2) is 62.4 Å². The average Bonchev–Trinajstić information content (AvgIpc) is 3.35. The Bertz CT molecular complexity index is 1370. The predicted molar refractivity (Wildman–Crippen MR) is 157 cm³/mol. The van der Waals surface area contributed by atoms with Gasteiger partial charge in [-0.25, -0.2) is 4.79 Å². The molecule has 0 radical (unpaired) electrons. The van der Waals surface area contributed by atoms with Gasteiger partial charge in [-0.2, -0.15) is 0 Å². The van der Waals surface area contributed by atoms with Gasteiger partial charge >= 0.3 is 6.03 Å². The van der Waals surface area contributed by atoms with Gasteiger partial charge < -0.3 is 20.1 Å². The van der Waals surface area contributed by atoms with E-state index in [0.717, 1.165) is 53.1 Å². The lowest BCUT2D eigenvalue weighted by molar-refractivity contribution is 0.156. The number of ether oxygens (including phenoxy) is 2. The van der Waals surface area contributed by atoms with Gasteiger partial charge in [-0.05, 0) is 30.7 Å². The van der Waals surface area contributed by atoms with Gasteiger partial charge in [0.25, 0.3) is 0 Å². The van der Waals surface area contributed by atoms with Crippen molar-refractivity contribution >= 4 is 22.5 Å². The van der Waals surface area contributed by atoms with E-state index in [0.29, 0.717) is 30.0 Å². The minimum Gasteiger partial charge on any atom is -0.496 e. The Kier molecular flexibility index (Phi) is 8.29. The maximum Gasteiger partial charge on any atom is 0.319 e. The molecule has 0 spiro atoms. The summed E-state index contributed by atoms with van der Waals surface area (Å²) < 4.78 is 11.0. The third kappa shape index (κ3) is 5.70. The predicted octanol–water partition coefficient (Wildman–Crippen LogP) is 5.67. The van der Waals surface area contributed by atoms with Crippen LogP contribution in [0.5, 0.6) is 5.75 Å². The molecule has 0 saturated carbocycles. The summed E-state index contributed by atoms with van der Waals surface area (Å²) in [5.74, 6) is 1.80. The molecule has 0 bridgehead atoms. The Hall–Kier alpha value is -3.68. The highest BCUT2D eigenvalue weighted by Crippen LogP contribution is 2.39. The molecule has 7 heteroatoms. The van der Waals surface area contributed by atoms with Gasteiger partial charge in [0.05, 0.1) is 25.1 Å². The van der Waals surface area contributed by atoms with Gasteiger partial charge in [0.2, 0.25) is 0 Å². The molecule has 3 aromatic rings. The second-order valence-corrected chi connectivity index (χ2v) is 10.5. The summed E-state index contributed by atoms with van der Waals surface area (Å²) in [6, 6.07) is 15.6. The van der Waals surface area contributed by atoms with Gasteiger partial charge in [0.1, 0.15) is 5.75 Å². The van der Waals surface area contributed by atoms with Crippen LogP contribution in [0, 0.1) is 24.7 Å². The Labute approximate surface area is 230 Å². The Morgan fingerprint density at radius 1 is 1.05 bits per heavy atom.